The fraction of sp³-hybridized carbons (Fsp3) is 0.400. The third kappa shape index (κ3) is 2.97. The van der Waals surface area contributed by atoms with Gasteiger partial charge in [0.05, 0.1) is 11.5 Å². The van der Waals surface area contributed by atoms with E-state index in [4.69, 9.17) is 9.84 Å². The van der Waals surface area contributed by atoms with Gasteiger partial charge in [0.1, 0.15) is 23.7 Å². The first kappa shape index (κ1) is 13.0. The summed E-state index contributed by atoms with van der Waals surface area (Å²) in [6.07, 6.45) is 0. The topological polar surface area (TPSA) is 96.7 Å². The van der Waals surface area contributed by atoms with Crippen LogP contribution in [0.5, 0.6) is 5.75 Å². The molecular formula is C10H15N3O4. The van der Waals surface area contributed by atoms with Crippen molar-refractivity contribution in [3.05, 3.63) is 22.2 Å². The number of aliphatic hydroxyl groups is 1. The van der Waals surface area contributed by atoms with E-state index in [1.54, 1.807) is 14.1 Å². The molecule has 1 aromatic carbocycles. The molecule has 1 aromatic rings. The second kappa shape index (κ2) is 5.90. The summed E-state index contributed by atoms with van der Waals surface area (Å²) in [5.74, 6) is 0.457. The van der Waals surface area contributed by atoms with Crippen molar-refractivity contribution in [3.63, 3.8) is 0 Å². The Balaban J connectivity index is 3.19. The fourth-order valence-electron chi connectivity index (χ4n) is 1.43. The maximum absolute atomic E-state index is 10.9. The van der Waals surface area contributed by atoms with Gasteiger partial charge in [0, 0.05) is 26.2 Å². The van der Waals surface area contributed by atoms with Crippen molar-refractivity contribution in [2.24, 2.45) is 0 Å². The van der Waals surface area contributed by atoms with Gasteiger partial charge in [-0.15, -0.1) is 0 Å². The van der Waals surface area contributed by atoms with Crippen molar-refractivity contribution in [1.29, 1.82) is 0 Å². The van der Waals surface area contributed by atoms with Crippen LogP contribution in [-0.4, -0.2) is 37.3 Å². The molecule has 0 aliphatic rings. The molecule has 0 atom stereocenters. The summed E-state index contributed by atoms with van der Waals surface area (Å²) in [5.41, 5.74) is 0.677. The highest BCUT2D eigenvalue weighted by Gasteiger charge is 2.20. The van der Waals surface area contributed by atoms with E-state index in [1.165, 1.54) is 12.1 Å². The molecule has 7 heteroatoms. The molecule has 0 heterocycles. The van der Waals surface area contributed by atoms with Crippen molar-refractivity contribution < 1.29 is 14.8 Å². The van der Waals surface area contributed by atoms with Crippen LogP contribution in [0.1, 0.15) is 0 Å². The molecular weight excluding hydrogens is 226 g/mol. The molecule has 7 nitrogen and oxygen atoms in total. The Labute approximate surface area is 98.6 Å². The number of anilines is 2. The predicted molar refractivity (Wildman–Crippen MR) is 64.8 cm³/mol. The number of benzene rings is 1. The maximum Gasteiger partial charge on any atom is 0.315 e. The predicted octanol–water partition coefficient (Wildman–Crippen LogP) is 1.05. The molecule has 0 spiro atoms. The highest BCUT2D eigenvalue weighted by molar-refractivity contribution is 5.78. The average Bonchev–Trinajstić information content (AvgIpc) is 2.34. The van der Waals surface area contributed by atoms with Crippen LogP contribution in [0.3, 0.4) is 0 Å². The number of ether oxygens (including phenoxy) is 1. The fourth-order valence-corrected chi connectivity index (χ4v) is 1.43. The van der Waals surface area contributed by atoms with Gasteiger partial charge >= 0.3 is 5.69 Å². The molecule has 17 heavy (non-hydrogen) atoms. The lowest BCUT2D eigenvalue weighted by atomic mass is 10.2. The zero-order valence-electron chi connectivity index (χ0n) is 9.69. The third-order valence-electron chi connectivity index (χ3n) is 2.16. The molecule has 0 aliphatic carbocycles. The van der Waals surface area contributed by atoms with E-state index in [1.807, 2.05) is 0 Å². The zero-order valence-corrected chi connectivity index (χ0v) is 9.69. The number of aliphatic hydroxyl groups excluding tert-OH is 1. The molecule has 0 amide bonds. The van der Waals surface area contributed by atoms with E-state index >= 15 is 0 Å². The molecule has 0 saturated carbocycles. The molecule has 0 aliphatic heterocycles. The molecule has 0 bridgehead atoms. The second-order valence-electron chi connectivity index (χ2n) is 3.20. The van der Waals surface area contributed by atoms with Gasteiger partial charge in [0.25, 0.3) is 0 Å². The van der Waals surface area contributed by atoms with Crippen LogP contribution in [0, 0.1) is 10.1 Å². The summed E-state index contributed by atoms with van der Waals surface area (Å²) in [6, 6.07) is 3.04. The van der Waals surface area contributed by atoms with E-state index in [0.29, 0.717) is 17.1 Å². The Hall–Kier alpha value is -2.02. The second-order valence-corrected chi connectivity index (χ2v) is 3.20. The average molecular weight is 241 g/mol. The minimum atomic E-state index is -0.465. The van der Waals surface area contributed by atoms with Gasteiger partial charge in [-0.2, -0.15) is 0 Å². The number of nitrogens with one attached hydrogen (secondary N) is 2. The highest BCUT2D eigenvalue weighted by atomic mass is 16.6. The zero-order chi connectivity index (χ0) is 12.8. The van der Waals surface area contributed by atoms with Crippen LogP contribution >= 0.6 is 0 Å². The first-order valence-corrected chi connectivity index (χ1v) is 5.05. The van der Waals surface area contributed by atoms with Gasteiger partial charge in [0.2, 0.25) is 0 Å². The maximum atomic E-state index is 10.9. The Morgan fingerprint density at radius 3 is 2.24 bits per heavy atom. The van der Waals surface area contributed by atoms with Crippen LogP contribution in [0.2, 0.25) is 0 Å². The van der Waals surface area contributed by atoms with Gasteiger partial charge in [0.15, 0.2) is 0 Å². The lowest BCUT2D eigenvalue weighted by molar-refractivity contribution is -0.383. The molecule has 1 rings (SSSR count). The quantitative estimate of drug-likeness (QED) is 0.509. The Bertz CT molecular complexity index is 384. The number of hydrogen-bond donors (Lipinski definition) is 3. The lowest BCUT2D eigenvalue weighted by Gasteiger charge is -2.11. The molecule has 0 saturated heterocycles. The van der Waals surface area contributed by atoms with Crippen LogP contribution < -0.4 is 15.4 Å². The van der Waals surface area contributed by atoms with E-state index in [2.05, 4.69) is 10.6 Å². The number of nitro benzene ring substituents is 1. The summed E-state index contributed by atoms with van der Waals surface area (Å²) in [5, 5.41) is 25.1. The van der Waals surface area contributed by atoms with Crippen molar-refractivity contribution in [1.82, 2.24) is 0 Å². The number of nitro groups is 1. The van der Waals surface area contributed by atoms with Crippen molar-refractivity contribution >= 4 is 17.1 Å². The smallest absolute Gasteiger partial charge is 0.315 e. The Morgan fingerprint density at radius 1 is 1.35 bits per heavy atom. The van der Waals surface area contributed by atoms with E-state index in [9.17, 15) is 10.1 Å². The van der Waals surface area contributed by atoms with E-state index < -0.39 is 4.92 Å². The summed E-state index contributed by atoms with van der Waals surface area (Å²) in [6.45, 7) is 0.0326. The largest absolute Gasteiger partial charge is 0.491 e. The Morgan fingerprint density at radius 2 is 1.88 bits per heavy atom. The normalized spacial score (nSPS) is 9.82. The number of nitrogens with zero attached hydrogens (tertiary/aromatic N) is 1. The monoisotopic (exact) mass is 241 g/mol. The molecule has 94 valence electrons. The molecule has 0 fully saturated rings. The van der Waals surface area contributed by atoms with E-state index in [-0.39, 0.29) is 18.9 Å². The SMILES string of the molecule is CNc1cc(OCCO)cc(NC)c1[N+](=O)[O-]. The van der Waals surface area contributed by atoms with Crippen LogP contribution in [-0.2, 0) is 0 Å². The summed E-state index contributed by atoms with van der Waals surface area (Å²) in [7, 11) is 3.19. The minimum Gasteiger partial charge on any atom is -0.491 e. The molecule has 0 aromatic heterocycles. The van der Waals surface area contributed by atoms with Crippen LogP contribution in [0.25, 0.3) is 0 Å². The lowest BCUT2D eigenvalue weighted by Crippen LogP contribution is -2.05. The Kier molecular flexibility index (Phi) is 4.53. The summed E-state index contributed by atoms with van der Waals surface area (Å²) >= 11 is 0. The molecule has 0 unspecified atom stereocenters. The summed E-state index contributed by atoms with van der Waals surface area (Å²) < 4.78 is 5.22. The van der Waals surface area contributed by atoms with Crippen LogP contribution in [0.4, 0.5) is 17.1 Å². The van der Waals surface area contributed by atoms with Gasteiger partial charge in [-0.05, 0) is 0 Å². The van der Waals surface area contributed by atoms with Gasteiger partial charge < -0.3 is 20.5 Å². The van der Waals surface area contributed by atoms with Crippen molar-refractivity contribution in [2.45, 2.75) is 0 Å². The molecule has 0 radical (unpaired) electrons. The number of rotatable bonds is 6. The van der Waals surface area contributed by atoms with Gasteiger partial charge in [-0.25, -0.2) is 0 Å². The first-order valence-electron chi connectivity index (χ1n) is 5.05. The summed E-state index contributed by atoms with van der Waals surface area (Å²) in [4.78, 5) is 10.5. The van der Waals surface area contributed by atoms with Crippen molar-refractivity contribution in [3.8, 4) is 5.75 Å². The highest BCUT2D eigenvalue weighted by Crippen LogP contribution is 2.36. The van der Waals surface area contributed by atoms with Gasteiger partial charge in [-0.1, -0.05) is 0 Å². The first-order chi connectivity index (χ1) is 8.13. The van der Waals surface area contributed by atoms with Gasteiger partial charge in [-0.3, -0.25) is 10.1 Å². The third-order valence-corrected chi connectivity index (χ3v) is 2.16. The van der Waals surface area contributed by atoms with E-state index in [0.717, 1.165) is 0 Å². The number of hydrogen-bond acceptors (Lipinski definition) is 6. The minimum absolute atomic E-state index is 0.0358. The molecule has 3 N–H and O–H groups in total. The van der Waals surface area contributed by atoms with Crippen LogP contribution in [0.15, 0.2) is 12.1 Å². The van der Waals surface area contributed by atoms with Crippen molar-refractivity contribution in [2.75, 3.05) is 37.9 Å². The standard InChI is InChI=1S/C10H15N3O4/c1-11-8-5-7(17-4-3-14)6-9(12-2)10(8)13(15)16/h5-6,11-12,14H,3-4H2,1-2H3.